The van der Waals surface area contributed by atoms with Crippen molar-refractivity contribution in [2.75, 3.05) is 17.7 Å². The molecule has 1 aromatic carbocycles. The smallest absolute Gasteiger partial charge is 0.294 e. The number of halogens is 1. The average molecular weight is 296 g/mol. The molecule has 0 aliphatic carbocycles. The fraction of sp³-hybridized carbons (Fsp3) is 0.0909. The monoisotopic (exact) mass is 295 g/mol. The van der Waals surface area contributed by atoms with Gasteiger partial charge in [-0.3, -0.25) is 20.0 Å². The van der Waals surface area contributed by atoms with Crippen molar-refractivity contribution in [2.24, 2.45) is 0 Å². The molecule has 8 nitrogen and oxygen atoms in total. The highest BCUT2D eigenvalue weighted by Crippen LogP contribution is 2.33. The highest BCUT2D eigenvalue weighted by Gasteiger charge is 2.20. The SMILES string of the molecule is CNc1c(Cl)cc(C(=O)Nc2cn[nH]c2)cc1[N+](=O)[O-]. The number of rotatable bonds is 4. The predicted octanol–water partition coefficient (Wildman–Crippen LogP) is 2.27. The molecular formula is C11H10ClN5O3. The fourth-order valence-electron chi connectivity index (χ4n) is 1.64. The Morgan fingerprint density at radius 2 is 2.25 bits per heavy atom. The lowest BCUT2D eigenvalue weighted by atomic mass is 10.1. The van der Waals surface area contributed by atoms with Crippen LogP contribution in [-0.4, -0.2) is 28.1 Å². The molecule has 2 aromatic rings. The molecule has 0 saturated heterocycles. The number of hydrogen-bond acceptors (Lipinski definition) is 5. The third-order valence-electron chi connectivity index (χ3n) is 2.53. The van der Waals surface area contributed by atoms with E-state index >= 15 is 0 Å². The molecular weight excluding hydrogens is 286 g/mol. The maximum Gasteiger partial charge on any atom is 0.294 e. The molecule has 0 aliphatic heterocycles. The topological polar surface area (TPSA) is 113 Å². The largest absolute Gasteiger partial charge is 0.381 e. The van der Waals surface area contributed by atoms with Gasteiger partial charge in [-0.2, -0.15) is 5.10 Å². The van der Waals surface area contributed by atoms with Gasteiger partial charge in [-0.1, -0.05) is 11.6 Å². The van der Waals surface area contributed by atoms with E-state index in [1.807, 2.05) is 0 Å². The lowest BCUT2D eigenvalue weighted by molar-refractivity contribution is -0.383. The van der Waals surface area contributed by atoms with E-state index in [4.69, 9.17) is 11.6 Å². The molecule has 1 heterocycles. The Balaban J connectivity index is 2.37. The van der Waals surface area contributed by atoms with Gasteiger partial charge in [0.1, 0.15) is 5.69 Å². The summed E-state index contributed by atoms with van der Waals surface area (Å²) in [4.78, 5) is 22.4. The van der Waals surface area contributed by atoms with Gasteiger partial charge < -0.3 is 10.6 Å². The Labute approximate surface area is 118 Å². The minimum absolute atomic E-state index is 0.0851. The number of nitrogens with one attached hydrogen (secondary N) is 3. The number of anilines is 2. The number of carbonyl (C=O) groups is 1. The molecule has 0 aliphatic rings. The van der Waals surface area contributed by atoms with Crippen molar-refractivity contribution in [1.82, 2.24) is 10.2 Å². The first-order valence-electron chi connectivity index (χ1n) is 5.48. The summed E-state index contributed by atoms with van der Waals surface area (Å²) in [6.07, 6.45) is 2.89. The summed E-state index contributed by atoms with van der Waals surface area (Å²) >= 11 is 5.94. The quantitative estimate of drug-likeness (QED) is 0.591. The lowest BCUT2D eigenvalue weighted by Gasteiger charge is -2.08. The van der Waals surface area contributed by atoms with Crippen molar-refractivity contribution in [2.45, 2.75) is 0 Å². The third-order valence-corrected chi connectivity index (χ3v) is 2.83. The van der Waals surface area contributed by atoms with E-state index in [0.717, 1.165) is 6.07 Å². The van der Waals surface area contributed by atoms with Crippen LogP contribution in [0, 0.1) is 10.1 Å². The molecule has 0 spiro atoms. The van der Waals surface area contributed by atoms with E-state index < -0.39 is 10.8 Å². The minimum atomic E-state index is -0.605. The number of nitro groups is 1. The summed E-state index contributed by atoms with van der Waals surface area (Å²) in [5, 5.41) is 22.5. The first kappa shape index (κ1) is 13.8. The number of aromatic amines is 1. The summed E-state index contributed by atoms with van der Waals surface area (Å²) in [7, 11) is 1.51. The standard InChI is InChI=1S/C11H10ClN5O3/c1-13-10-8(12)2-6(3-9(10)17(19)20)11(18)16-7-4-14-15-5-7/h2-5,13H,1H3,(H,14,15)(H,16,18). The van der Waals surface area contributed by atoms with Crippen LogP contribution in [0.5, 0.6) is 0 Å². The van der Waals surface area contributed by atoms with Crippen LogP contribution >= 0.6 is 11.6 Å². The first-order valence-corrected chi connectivity index (χ1v) is 5.86. The van der Waals surface area contributed by atoms with E-state index in [9.17, 15) is 14.9 Å². The number of benzene rings is 1. The van der Waals surface area contributed by atoms with Gasteiger partial charge >= 0.3 is 0 Å². The first-order chi connectivity index (χ1) is 9.52. The molecule has 0 bridgehead atoms. The zero-order valence-electron chi connectivity index (χ0n) is 10.3. The van der Waals surface area contributed by atoms with Gasteiger partial charge in [0, 0.05) is 24.9 Å². The fourth-order valence-corrected chi connectivity index (χ4v) is 1.95. The van der Waals surface area contributed by atoms with Crippen molar-refractivity contribution in [1.29, 1.82) is 0 Å². The molecule has 1 aromatic heterocycles. The molecule has 2 rings (SSSR count). The van der Waals surface area contributed by atoms with Gasteiger partial charge in [0.05, 0.1) is 21.8 Å². The number of nitro benzene ring substituents is 1. The highest BCUT2D eigenvalue weighted by atomic mass is 35.5. The molecule has 0 radical (unpaired) electrons. The molecule has 104 valence electrons. The lowest BCUT2D eigenvalue weighted by Crippen LogP contribution is -2.12. The van der Waals surface area contributed by atoms with Crippen molar-refractivity contribution < 1.29 is 9.72 Å². The second kappa shape index (κ2) is 5.57. The minimum Gasteiger partial charge on any atom is -0.381 e. The van der Waals surface area contributed by atoms with Crippen LogP contribution in [0.15, 0.2) is 24.5 Å². The van der Waals surface area contributed by atoms with Crippen molar-refractivity contribution in [3.8, 4) is 0 Å². The molecule has 0 atom stereocenters. The third kappa shape index (κ3) is 2.69. The normalized spacial score (nSPS) is 10.1. The zero-order valence-corrected chi connectivity index (χ0v) is 11.1. The van der Waals surface area contributed by atoms with E-state index in [1.54, 1.807) is 0 Å². The molecule has 20 heavy (non-hydrogen) atoms. The molecule has 1 amide bonds. The van der Waals surface area contributed by atoms with Gasteiger partial charge in [-0.25, -0.2) is 0 Å². The number of nitrogens with zero attached hydrogens (tertiary/aromatic N) is 2. The maximum atomic E-state index is 12.0. The number of H-pyrrole nitrogens is 1. The van der Waals surface area contributed by atoms with Gasteiger partial charge in [-0.15, -0.1) is 0 Å². The van der Waals surface area contributed by atoms with Gasteiger partial charge in [-0.05, 0) is 6.07 Å². The number of carbonyl (C=O) groups excluding carboxylic acids is 1. The van der Waals surface area contributed by atoms with Crippen LogP contribution < -0.4 is 10.6 Å². The van der Waals surface area contributed by atoms with Crippen molar-refractivity contribution in [3.63, 3.8) is 0 Å². The van der Waals surface area contributed by atoms with E-state index in [1.165, 1.54) is 25.5 Å². The Hall–Kier alpha value is -2.61. The zero-order chi connectivity index (χ0) is 14.7. The van der Waals surface area contributed by atoms with Gasteiger partial charge in [0.25, 0.3) is 11.6 Å². The molecule has 3 N–H and O–H groups in total. The van der Waals surface area contributed by atoms with Crippen LogP contribution in [0.25, 0.3) is 0 Å². The maximum absolute atomic E-state index is 12.0. The second-order valence-corrected chi connectivity index (χ2v) is 4.21. The Morgan fingerprint density at radius 1 is 1.50 bits per heavy atom. The van der Waals surface area contributed by atoms with Gasteiger partial charge in [0.2, 0.25) is 0 Å². The van der Waals surface area contributed by atoms with Crippen LogP contribution in [0.3, 0.4) is 0 Å². The van der Waals surface area contributed by atoms with Crippen LogP contribution in [-0.2, 0) is 0 Å². The summed E-state index contributed by atoms with van der Waals surface area (Å²) in [5.41, 5.74) is 0.433. The van der Waals surface area contributed by atoms with Crippen LogP contribution in [0.1, 0.15) is 10.4 Å². The Kier molecular flexibility index (Phi) is 3.85. The highest BCUT2D eigenvalue weighted by molar-refractivity contribution is 6.34. The molecule has 9 heteroatoms. The average Bonchev–Trinajstić information content (AvgIpc) is 2.90. The summed E-state index contributed by atoms with van der Waals surface area (Å²) < 4.78 is 0. The van der Waals surface area contributed by atoms with Crippen molar-refractivity contribution >= 4 is 34.6 Å². The Bertz CT molecular complexity index is 656. The number of amides is 1. The summed E-state index contributed by atoms with van der Waals surface area (Å²) in [6.45, 7) is 0. The van der Waals surface area contributed by atoms with E-state index in [0.29, 0.717) is 5.69 Å². The molecule has 0 saturated carbocycles. The molecule has 0 fully saturated rings. The van der Waals surface area contributed by atoms with Crippen LogP contribution in [0.4, 0.5) is 17.1 Å². The summed E-state index contributed by atoms with van der Waals surface area (Å²) in [6, 6.07) is 2.52. The van der Waals surface area contributed by atoms with Crippen molar-refractivity contribution in [3.05, 3.63) is 45.2 Å². The van der Waals surface area contributed by atoms with Crippen LogP contribution in [0.2, 0.25) is 5.02 Å². The van der Waals surface area contributed by atoms with Gasteiger partial charge in [0.15, 0.2) is 0 Å². The number of aromatic nitrogens is 2. The predicted molar refractivity (Wildman–Crippen MR) is 74.2 cm³/mol. The van der Waals surface area contributed by atoms with E-state index in [2.05, 4.69) is 20.8 Å². The van der Waals surface area contributed by atoms with E-state index in [-0.39, 0.29) is 22.0 Å². The summed E-state index contributed by atoms with van der Waals surface area (Å²) in [5.74, 6) is -0.515. The molecule has 0 unspecified atom stereocenters. The Morgan fingerprint density at radius 3 is 2.80 bits per heavy atom. The number of hydrogen-bond donors (Lipinski definition) is 3. The second-order valence-electron chi connectivity index (χ2n) is 3.80.